The van der Waals surface area contributed by atoms with E-state index in [1.807, 2.05) is 4.90 Å². The van der Waals surface area contributed by atoms with E-state index in [9.17, 15) is 9.59 Å². The van der Waals surface area contributed by atoms with Crippen LogP contribution in [0.25, 0.3) is 0 Å². The zero-order valence-corrected chi connectivity index (χ0v) is 11.9. The van der Waals surface area contributed by atoms with Crippen molar-refractivity contribution in [3.8, 4) is 0 Å². The number of rotatable bonds is 4. The van der Waals surface area contributed by atoms with Crippen LogP contribution >= 0.6 is 0 Å². The Kier molecular flexibility index (Phi) is 5.19. The predicted octanol–water partition coefficient (Wildman–Crippen LogP) is 0.457. The Labute approximate surface area is 115 Å². The highest BCUT2D eigenvalue weighted by Crippen LogP contribution is 2.14. The molecule has 2 aliphatic rings. The monoisotopic (exact) mass is 267 g/mol. The first-order valence-electron chi connectivity index (χ1n) is 7.42. The van der Waals surface area contributed by atoms with Gasteiger partial charge in [0.15, 0.2) is 0 Å². The molecule has 0 bridgehead atoms. The quantitative estimate of drug-likeness (QED) is 0.805. The van der Waals surface area contributed by atoms with Crippen LogP contribution in [0.4, 0.5) is 0 Å². The molecule has 1 N–H and O–H groups in total. The summed E-state index contributed by atoms with van der Waals surface area (Å²) in [6.07, 6.45) is 4.60. The average Bonchev–Trinajstić information content (AvgIpc) is 2.90. The van der Waals surface area contributed by atoms with Gasteiger partial charge in [0.2, 0.25) is 11.8 Å². The van der Waals surface area contributed by atoms with Gasteiger partial charge in [0, 0.05) is 19.6 Å². The van der Waals surface area contributed by atoms with E-state index in [0.717, 1.165) is 39.0 Å². The largest absolute Gasteiger partial charge is 0.346 e. The molecule has 0 saturated carbocycles. The number of carbonyl (C=O) groups excluding carboxylic acids is 2. The van der Waals surface area contributed by atoms with E-state index in [-0.39, 0.29) is 18.4 Å². The Balaban J connectivity index is 1.65. The maximum absolute atomic E-state index is 11.8. The van der Waals surface area contributed by atoms with Crippen molar-refractivity contribution in [3.63, 3.8) is 0 Å². The van der Waals surface area contributed by atoms with Crippen molar-refractivity contribution in [2.75, 3.05) is 39.3 Å². The van der Waals surface area contributed by atoms with Gasteiger partial charge in [-0.3, -0.25) is 14.5 Å². The molecule has 2 amide bonds. The van der Waals surface area contributed by atoms with E-state index in [2.05, 4.69) is 17.1 Å². The molecule has 19 heavy (non-hydrogen) atoms. The van der Waals surface area contributed by atoms with Crippen molar-refractivity contribution in [3.05, 3.63) is 0 Å². The molecule has 0 aromatic carbocycles. The lowest BCUT2D eigenvalue weighted by Crippen LogP contribution is -2.45. The second-order valence-corrected chi connectivity index (χ2v) is 5.85. The third-order valence-corrected chi connectivity index (χ3v) is 4.00. The second kappa shape index (κ2) is 6.89. The number of likely N-dealkylation sites (tertiary alicyclic amines) is 2. The molecule has 5 heteroatoms. The lowest BCUT2D eigenvalue weighted by molar-refractivity contribution is -0.132. The number of nitrogens with zero attached hydrogens (tertiary/aromatic N) is 2. The molecule has 0 radical (unpaired) electrons. The first kappa shape index (κ1) is 14.3. The van der Waals surface area contributed by atoms with Crippen LogP contribution in [-0.2, 0) is 9.59 Å². The van der Waals surface area contributed by atoms with E-state index in [1.54, 1.807) is 0 Å². The van der Waals surface area contributed by atoms with Crippen molar-refractivity contribution in [2.45, 2.75) is 32.6 Å². The van der Waals surface area contributed by atoms with Gasteiger partial charge in [-0.1, -0.05) is 6.92 Å². The highest BCUT2D eigenvalue weighted by atomic mass is 16.2. The minimum absolute atomic E-state index is 0.0263. The summed E-state index contributed by atoms with van der Waals surface area (Å²) in [4.78, 5) is 27.6. The number of hydrogen-bond acceptors (Lipinski definition) is 3. The number of carbonyl (C=O) groups is 2. The van der Waals surface area contributed by atoms with Crippen LogP contribution in [0, 0.1) is 5.92 Å². The molecule has 0 aromatic heterocycles. The number of hydrogen-bond donors (Lipinski definition) is 1. The summed E-state index contributed by atoms with van der Waals surface area (Å²) >= 11 is 0. The van der Waals surface area contributed by atoms with Gasteiger partial charge >= 0.3 is 0 Å². The normalized spacial score (nSPS) is 24.5. The molecular weight excluding hydrogens is 242 g/mol. The molecule has 2 aliphatic heterocycles. The fourth-order valence-electron chi connectivity index (χ4n) is 2.94. The third kappa shape index (κ3) is 4.49. The Morgan fingerprint density at radius 2 is 1.89 bits per heavy atom. The zero-order valence-electron chi connectivity index (χ0n) is 11.9. The average molecular weight is 267 g/mol. The molecule has 108 valence electrons. The van der Waals surface area contributed by atoms with Crippen LogP contribution in [0.5, 0.6) is 0 Å². The van der Waals surface area contributed by atoms with Gasteiger partial charge in [-0.2, -0.15) is 0 Å². The SMILES string of the molecule is CC1CCCN(CC(=O)NCC(=O)N2CCCC2)C1. The minimum atomic E-state index is -0.0263. The maximum atomic E-state index is 11.8. The van der Waals surface area contributed by atoms with Gasteiger partial charge in [-0.15, -0.1) is 0 Å². The minimum Gasteiger partial charge on any atom is -0.346 e. The summed E-state index contributed by atoms with van der Waals surface area (Å²) < 4.78 is 0. The van der Waals surface area contributed by atoms with E-state index in [1.165, 1.54) is 12.8 Å². The molecule has 2 fully saturated rings. The number of amides is 2. The van der Waals surface area contributed by atoms with Crippen LogP contribution in [0.15, 0.2) is 0 Å². The fourth-order valence-corrected chi connectivity index (χ4v) is 2.94. The molecular formula is C14H25N3O2. The summed E-state index contributed by atoms with van der Waals surface area (Å²) in [5.41, 5.74) is 0. The lowest BCUT2D eigenvalue weighted by atomic mass is 10.0. The van der Waals surface area contributed by atoms with E-state index in [0.29, 0.717) is 12.5 Å². The van der Waals surface area contributed by atoms with Crippen LogP contribution in [0.1, 0.15) is 32.6 Å². The summed E-state index contributed by atoms with van der Waals surface area (Å²) in [5, 5.41) is 2.75. The summed E-state index contributed by atoms with van der Waals surface area (Å²) in [7, 11) is 0. The molecule has 1 atom stereocenters. The zero-order chi connectivity index (χ0) is 13.7. The smallest absolute Gasteiger partial charge is 0.241 e. The van der Waals surface area contributed by atoms with Gasteiger partial charge in [0.25, 0.3) is 0 Å². The van der Waals surface area contributed by atoms with E-state index >= 15 is 0 Å². The molecule has 0 aliphatic carbocycles. The molecule has 5 nitrogen and oxygen atoms in total. The lowest BCUT2D eigenvalue weighted by Gasteiger charge is -2.30. The summed E-state index contributed by atoms with van der Waals surface area (Å²) in [6, 6.07) is 0. The number of nitrogens with one attached hydrogen (secondary N) is 1. The Morgan fingerprint density at radius 3 is 2.58 bits per heavy atom. The molecule has 1 unspecified atom stereocenters. The highest BCUT2D eigenvalue weighted by Gasteiger charge is 2.20. The van der Waals surface area contributed by atoms with Crippen molar-refractivity contribution >= 4 is 11.8 Å². The molecule has 0 aromatic rings. The number of piperidine rings is 1. The van der Waals surface area contributed by atoms with Crippen molar-refractivity contribution in [1.82, 2.24) is 15.1 Å². The van der Waals surface area contributed by atoms with Crippen LogP contribution < -0.4 is 5.32 Å². The van der Waals surface area contributed by atoms with Crippen molar-refractivity contribution in [2.24, 2.45) is 5.92 Å². The Morgan fingerprint density at radius 1 is 1.16 bits per heavy atom. The summed E-state index contributed by atoms with van der Waals surface area (Å²) in [6.45, 7) is 6.49. The fraction of sp³-hybridized carbons (Fsp3) is 0.857. The second-order valence-electron chi connectivity index (χ2n) is 5.85. The first-order valence-corrected chi connectivity index (χ1v) is 7.42. The van der Waals surface area contributed by atoms with Gasteiger partial charge in [-0.25, -0.2) is 0 Å². The van der Waals surface area contributed by atoms with Gasteiger partial charge < -0.3 is 10.2 Å². The molecule has 2 saturated heterocycles. The molecule has 2 rings (SSSR count). The molecule has 0 spiro atoms. The topological polar surface area (TPSA) is 52.7 Å². The first-order chi connectivity index (χ1) is 9.15. The van der Waals surface area contributed by atoms with Crippen LogP contribution in [0.2, 0.25) is 0 Å². The van der Waals surface area contributed by atoms with Gasteiger partial charge in [-0.05, 0) is 38.1 Å². The Hall–Kier alpha value is -1.10. The van der Waals surface area contributed by atoms with E-state index in [4.69, 9.17) is 0 Å². The Bertz CT molecular complexity index is 327. The van der Waals surface area contributed by atoms with Gasteiger partial charge in [0.05, 0.1) is 13.1 Å². The summed E-state index contributed by atoms with van der Waals surface area (Å²) in [5.74, 6) is 0.701. The van der Waals surface area contributed by atoms with E-state index < -0.39 is 0 Å². The highest BCUT2D eigenvalue weighted by molar-refractivity contribution is 5.85. The predicted molar refractivity (Wildman–Crippen MR) is 73.7 cm³/mol. The van der Waals surface area contributed by atoms with Gasteiger partial charge in [0.1, 0.15) is 0 Å². The van der Waals surface area contributed by atoms with Crippen molar-refractivity contribution < 1.29 is 9.59 Å². The maximum Gasteiger partial charge on any atom is 0.241 e. The van der Waals surface area contributed by atoms with Crippen LogP contribution in [-0.4, -0.2) is 60.9 Å². The standard InChI is InChI=1S/C14H25N3O2/c1-12-5-4-6-16(10-12)11-13(18)15-9-14(19)17-7-2-3-8-17/h12H,2-11H2,1H3,(H,15,18). The van der Waals surface area contributed by atoms with Crippen LogP contribution in [0.3, 0.4) is 0 Å². The third-order valence-electron chi connectivity index (χ3n) is 4.00. The van der Waals surface area contributed by atoms with Crippen molar-refractivity contribution in [1.29, 1.82) is 0 Å². The molecule has 2 heterocycles.